The zero-order chi connectivity index (χ0) is 18.6. The van der Waals surface area contributed by atoms with Gasteiger partial charge in [0.05, 0.1) is 9.88 Å². The molecule has 1 aliphatic heterocycles. The Morgan fingerprint density at radius 3 is 2.74 bits per heavy atom. The van der Waals surface area contributed by atoms with Gasteiger partial charge in [0.1, 0.15) is 0 Å². The minimum Gasteiger partial charge on any atom is -0.351 e. The van der Waals surface area contributed by atoms with Gasteiger partial charge in [-0.05, 0) is 60.6 Å². The molecule has 5 heteroatoms. The molecule has 1 amide bonds. The number of fused-ring (bicyclic) bond motifs is 1. The largest absolute Gasteiger partial charge is 0.351 e. The Labute approximate surface area is 168 Å². The first-order valence-electron chi connectivity index (χ1n) is 9.11. The molecule has 1 aromatic heterocycles. The molecule has 3 aromatic rings. The van der Waals surface area contributed by atoms with Crippen molar-refractivity contribution in [3.63, 3.8) is 0 Å². The molecule has 2 aromatic carbocycles. The van der Waals surface area contributed by atoms with Crippen molar-refractivity contribution >= 4 is 39.7 Å². The molecule has 1 N–H and O–H groups in total. The van der Waals surface area contributed by atoms with Gasteiger partial charge in [-0.15, -0.1) is 23.1 Å². The van der Waals surface area contributed by atoms with Gasteiger partial charge in [-0.3, -0.25) is 4.79 Å². The van der Waals surface area contributed by atoms with Gasteiger partial charge >= 0.3 is 0 Å². The summed E-state index contributed by atoms with van der Waals surface area (Å²) in [6.45, 7) is 1.63. The highest BCUT2D eigenvalue weighted by Gasteiger charge is 2.21. The number of hydrogen-bond donors (Lipinski definition) is 1. The molecule has 4 rings (SSSR count). The number of benzene rings is 2. The van der Waals surface area contributed by atoms with Gasteiger partial charge in [0.25, 0.3) is 5.91 Å². The van der Waals surface area contributed by atoms with E-state index in [-0.39, 0.29) is 5.91 Å². The van der Waals surface area contributed by atoms with Gasteiger partial charge in [0.2, 0.25) is 0 Å². The Bertz CT molecular complexity index is 933. The van der Waals surface area contributed by atoms with Gasteiger partial charge in [0.15, 0.2) is 0 Å². The third-order valence-corrected chi connectivity index (χ3v) is 6.68. The fourth-order valence-corrected chi connectivity index (χ4v) is 4.73. The van der Waals surface area contributed by atoms with Crippen LogP contribution in [-0.4, -0.2) is 25.3 Å². The number of anilines is 2. The second-order valence-corrected chi connectivity index (χ2v) is 8.46. The van der Waals surface area contributed by atoms with Crippen LogP contribution in [0.4, 0.5) is 10.7 Å². The van der Waals surface area contributed by atoms with E-state index < -0.39 is 0 Å². The van der Waals surface area contributed by atoms with Gasteiger partial charge in [-0.2, -0.15) is 0 Å². The minimum absolute atomic E-state index is 0.0134. The Hall–Kier alpha value is -2.24. The predicted molar refractivity (Wildman–Crippen MR) is 116 cm³/mol. The Morgan fingerprint density at radius 2 is 1.93 bits per heavy atom. The highest BCUT2D eigenvalue weighted by molar-refractivity contribution is 7.98. The number of para-hydroxylation sites is 1. The molecule has 0 atom stereocenters. The normalized spacial score (nSPS) is 12.9. The SMILES string of the molecule is CSc1ccc(CCNC(=O)c2ccc(N3CCc4ccccc43)s2)cc1. The molecule has 2 heterocycles. The summed E-state index contributed by atoms with van der Waals surface area (Å²) >= 11 is 3.30. The monoisotopic (exact) mass is 394 g/mol. The molecule has 3 nitrogen and oxygen atoms in total. The van der Waals surface area contributed by atoms with Crippen LogP contribution in [0.5, 0.6) is 0 Å². The number of carbonyl (C=O) groups excluding carboxylic acids is 1. The van der Waals surface area contributed by atoms with E-state index in [2.05, 4.69) is 71.1 Å². The average molecular weight is 395 g/mol. The summed E-state index contributed by atoms with van der Waals surface area (Å²) < 4.78 is 0. The van der Waals surface area contributed by atoms with Gasteiger partial charge in [-0.25, -0.2) is 0 Å². The molecule has 0 saturated heterocycles. The Balaban J connectivity index is 1.35. The van der Waals surface area contributed by atoms with Crippen molar-refractivity contribution in [3.05, 3.63) is 76.7 Å². The molecular weight excluding hydrogens is 372 g/mol. The lowest BCUT2D eigenvalue weighted by atomic mass is 10.1. The maximum Gasteiger partial charge on any atom is 0.261 e. The molecule has 0 radical (unpaired) electrons. The van der Waals surface area contributed by atoms with Crippen molar-refractivity contribution in [2.45, 2.75) is 17.7 Å². The quantitative estimate of drug-likeness (QED) is 0.588. The number of hydrogen-bond acceptors (Lipinski definition) is 4. The van der Waals surface area contributed by atoms with Crippen molar-refractivity contribution in [3.8, 4) is 0 Å². The molecule has 0 aliphatic carbocycles. The number of nitrogens with one attached hydrogen (secondary N) is 1. The third kappa shape index (κ3) is 4.04. The highest BCUT2D eigenvalue weighted by atomic mass is 32.2. The van der Waals surface area contributed by atoms with Gasteiger partial charge in [0, 0.05) is 23.7 Å². The summed E-state index contributed by atoms with van der Waals surface area (Å²) in [5.74, 6) is 0.0134. The van der Waals surface area contributed by atoms with E-state index in [1.165, 1.54) is 21.7 Å². The van der Waals surface area contributed by atoms with Crippen LogP contribution in [0, 0.1) is 0 Å². The number of carbonyl (C=O) groups is 1. The smallest absolute Gasteiger partial charge is 0.261 e. The first-order valence-corrected chi connectivity index (χ1v) is 11.1. The summed E-state index contributed by atoms with van der Waals surface area (Å²) in [5.41, 5.74) is 3.89. The van der Waals surface area contributed by atoms with Crippen LogP contribution >= 0.6 is 23.1 Å². The maximum atomic E-state index is 12.5. The molecule has 0 saturated carbocycles. The molecular formula is C22H22N2OS2. The topological polar surface area (TPSA) is 32.3 Å². The third-order valence-electron chi connectivity index (χ3n) is 4.83. The van der Waals surface area contributed by atoms with Crippen molar-refractivity contribution in [1.29, 1.82) is 0 Å². The first kappa shape index (κ1) is 18.1. The maximum absolute atomic E-state index is 12.5. The van der Waals surface area contributed by atoms with E-state index in [0.717, 1.165) is 29.3 Å². The molecule has 0 spiro atoms. The number of thioether (sulfide) groups is 1. The Morgan fingerprint density at radius 1 is 1.11 bits per heavy atom. The number of thiophene rings is 1. The van der Waals surface area contributed by atoms with Gasteiger partial charge < -0.3 is 10.2 Å². The number of nitrogens with zero attached hydrogens (tertiary/aromatic N) is 1. The van der Waals surface area contributed by atoms with E-state index in [9.17, 15) is 4.79 Å². The fourth-order valence-electron chi connectivity index (χ4n) is 3.36. The van der Waals surface area contributed by atoms with E-state index in [1.54, 1.807) is 23.1 Å². The molecule has 138 valence electrons. The average Bonchev–Trinajstić information content (AvgIpc) is 3.35. The van der Waals surface area contributed by atoms with Crippen LogP contribution in [-0.2, 0) is 12.8 Å². The van der Waals surface area contributed by atoms with Crippen LogP contribution in [0.25, 0.3) is 0 Å². The predicted octanol–water partition coefficient (Wildman–Crippen LogP) is 5.14. The van der Waals surface area contributed by atoms with E-state index in [0.29, 0.717) is 6.54 Å². The summed E-state index contributed by atoms with van der Waals surface area (Å²) in [6, 6.07) is 21.0. The second-order valence-electron chi connectivity index (χ2n) is 6.52. The summed E-state index contributed by atoms with van der Waals surface area (Å²) in [5, 5.41) is 4.18. The second kappa shape index (κ2) is 8.19. The summed E-state index contributed by atoms with van der Waals surface area (Å²) in [6.07, 6.45) is 3.98. The van der Waals surface area contributed by atoms with Crippen molar-refractivity contribution in [1.82, 2.24) is 5.32 Å². The zero-order valence-electron chi connectivity index (χ0n) is 15.3. The van der Waals surface area contributed by atoms with Crippen LogP contribution < -0.4 is 10.2 Å². The van der Waals surface area contributed by atoms with Crippen molar-refractivity contribution in [2.24, 2.45) is 0 Å². The van der Waals surface area contributed by atoms with Gasteiger partial charge in [-0.1, -0.05) is 30.3 Å². The zero-order valence-corrected chi connectivity index (χ0v) is 16.9. The number of amides is 1. The minimum atomic E-state index is 0.0134. The van der Waals surface area contributed by atoms with Crippen LogP contribution in [0.3, 0.4) is 0 Å². The van der Waals surface area contributed by atoms with Crippen molar-refractivity contribution in [2.75, 3.05) is 24.2 Å². The highest BCUT2D eigenvalue weighted by Crippen LogP contribution is 2.38. The fraction of sp³-hybridized carbons (Fsp3) is 0.227. The van der Waals surface area contributed by atoms with Crippen LogP contribution in [0.15, 0.2) is 65.6 Å². The number of rotatable bonds is 6. The summed E-state index contributed by atoms with van der Waals surface area (Å²) in [4.78, 5) is 16.8. The van der Waals surface area contributed by atoms with E-state index in [4.69, 9.17) is 0 Å². The van der Waals surface area contributed by atoms with Crippen LogP contribution in [0.1, 0.15) is 20.8 Å². The van der Waals surface area contributed by atoms with Crippen molar-refractivity contribution < 1.29 is 4.79 Å². The lowest BCUT2D eigenvalue weighted by molar-refractivity contribution is 0.0958. The summed E-state index contributed by atoms with van der Waals surface area (Å²) in [7, 11) is 0. The van der Waals surface area contributed by atoms with Crippen LogP contribution in [0.2, 0.25) is 0 Å². The standard InChI is InChI=1S/C22H22N2OS2/c1-26-18-8-6-16(7-9-18)12-14-23-22(25)20-10-11-21(27-20)24-15-13-17-4-2-3-5-19(17)24/h2-11H,12-15H2,1H3,(H,23,25). The first-order chi connectivity index (χ1) is 13.2. The lowest BCUT2D eigenvalue weighted by Crippen LogP contribution is -2.24. The van der Waals surface area contributed by atoms with E-state index >= 15 is 0 Å². The van der Waals surface area contributed by atoms with E-state index in [1.807, 2.05) is 6.07 Å². The molecule has 0 bridgehead atoms. The molecule has 0 fully saturated rings. The molecule has 0 unspecified atom stereocenters. The molecule has 1 aliphatic rings. The lowest BCUT2D eigenvalue weighted by Gasteiger charge is -2.16. The molecule has 27 heavy (non-hydrogen) atoms. The Kier molecular flexibility index (Phi) is 5.50.